The lowest BCUT2D eigenvalue weighted by Gasteiger charge is -2.18. The quantitative estimate of drug-likeness (QED) is 0.820. The number of hydrogen-bond donors (Lipinski definition) is 2. The van der Waals surface area contributed by atoms with Crippen LogP contribution in [0.1, 0.15) is 38.1 Å². The second-order valence-corrected chi connectivity index (χ2v) is 6.29. The van der Waals surface area contributed by atoms with E-state index in [-0.39, 0.29) is 12.0 Å². The van der Waals surface area contributed by atoms with E-state index in [1.165, 1.54) is 0 Å². The number of carbonyl (C=O) groups is 2. The molecule has 0 radical (unpaired) electrons. The molecule has 2 N–H and O–H groups in total. The molecular formula is C15H20BrNO4. The number of hydrogen-bond acceptors (Lipinski definition) is 3. The predicted molar refractivity (Wildman–Crippen MR) is 83.6 cm³/mol. The van der Waals surface area contributed by atoms with E-state index in [2.05, 4.69) is 21.2 Å². The number of rotatable bonds is 6. The molecule has 6 heteroatoms. The van der Waals surface area contributed by atoms with Crippen molar-refractivity contribution in [2.24, 2.45) is 5.92 Å². The summed E-state index contributed by atoms with van der Waals surface area (Å²) in [5.41, 5.74) is 0.354. The molecule has 0 heterocycles. The Morgan fingerprint density at radius 2 is 1.81 bits per heavy atom. The maximum Gasteiger partial charge on any atom is 0.326 e. The first-order chi connectivity index (χ1) is 9.70. The van der Waals surface area contributed by atoms with E-state index in [1.807, 2.05) is 13.8 Å². The first-order valence-corrected chi connectivity index (χ1v) is 7.51. The molecule has 116 valence electrons. The first-order valence-electron chi connectivity index (χ1n) is 6.71. The van der Waals surface area contributed by atoms with Gasteiger partial charge in [-0.1, -0.05) is 29.8 Å². The van der Waals surface area contributed by atoms with Crippen LogP contribution in [0.3, 0.4) is 0 Å². The Balaban J connectivity index is 2.96. The Kier molecular flexibility index (Phi) is 6.20. The third-order valence-corrected chi connectivity index (χ3v) is 3.18. The number of carboxylic acid groups (broad SMARTS) is 1. The van der Waals surface area contributed by atoms with Crippen LogP contribution in [-0.2, 0) is 4.79 Å². The molecule has 0 bridgehead atoms. The molecule has 1 rings (SSSR count). The summed E-state index contributed by atoms with van der Waals surface area (Å²) in [6, 6.07) is 4.06. The summed E-state index contributed by atoms with van der Waals surface area (Å²) >= 11 is 3.32. The molecule has 1 atom stereocenters. The molecule has 0 aromatic heterocycles. The normalized spacial score (nSPS) is 12.3. The van der Waals surface area contributed by atoms with Crippen molar-refractivity contribution in [2.45, 2.75) is 39.8 Å². The average molecular weight is 358 g/mol. The zero-order chi connectivity index (χ0) is 16.2. The van der Waals surface area contributed by atoms with Crippen LogP contribution in [-0.4, -0.2) is 29.1 Å². The molecule has 0 fully saturated rings. The Bertz CT molecular complexity index is 528. The molecule has 5 nitrogen and oxygen atoms in total. The van der Waals surface area contributed by atoms with Crippen molar-refractivity contribution in [2.75, 3.05) is 0 Å². The molecule has 1 aromatic rings. The van der Waals surface area contributed by atoms with Crippen LogP contribution in [0, 0.1) is 5.92 Å². The lowest BCUT2D eigenvalue weighted by atomic mass is 10.0. The highest BCUT2D eigenvalue weighted by atomic mass is 79.9. The van der Waals surface area contributed by atoms with E-state index in [0.717, 1.165) is 0 Å². The van der Waals surface area contributed by atoms with Crippen LogP contribution in [0.15, 0.2) is 22.7 Å². The third-order valence-electron chi connectivity index (χ3n) is 2.72. The molecule has 1 aromatic carbocycles. The highest BCUT2D eigenvalue weighted by Crippen LogP contribution is 2.22. The zero-order valence-electron chi connectivity index (χ0n) is 12.5. The van der Waals surface area contributed by atoms with Crippen molar-refractivity contribution in [3.05, 3.63) is 28.2 Å². The number of carbonyl (C=O) groups excluding carboxylic acids is 1. The van der Waals surface area contributed by atoms with E-state index >= 15 is 0 Å². The predicted octanol–water partition coefficient (Wildman–Crippen LogP) is 3.08. The van der Waals surface area contributed by atoms with Crippen LogP contribution in [0.2, 0.25) is 0 Å². The molecule has 1 unspecified atom stereocenters. The number of halogens is 1. The minimum atomic E-state index is -1.05. The Morgan fingerprint density at radius 3 is 2.29 bits per heavy atom. The smallest absolute Gasteiger partial charge is 0.326 e. The number of nitrogens with one attached hydrogen (secondary N) is 1. The van der Waals surface area contributed by atoms with Crippen LogP contribution in [0.25, 0.3) is 0 Å². The summed E-state index contributed by atoms with van der Waals surface area (Å²) < 4.78 is 6.26. The van der Waals surface area contributed by atoms with Crippen LogP contribution < -0.4 is 10.1 Å². The lowest BCUT2D eigenvalue weighted by Crippen LogP contribution is -2.44. The SMILES string of the molecule is CC(C)Oc1cc(Br)cc(C(=O)NC(C(=O)O)C(C)C)c1. The fraction of sp³-hybridized carbons (Fsp3) is 0.467. The standard InChI is InChI=1S/C15H20BrNO4/c1-8(2)13(15(19)20)17-14(18)10-5-11(16)7-12(6-10)21-9(3)4/h5-9,13H,1-4H3,(H,17,18)(H,19,20). The van der Waals surface area contributed by atoms with Gasteiger partial charge in [0.05, 0.1) is 6.10 Å². The van der Waals surface area contributed by atoms with E-state index in [0.29, 0.717) is 15.8 Å². The van der Waals surface area contributed by atoms with E-state index in [1.54, 1.807) is 32.0 Å². The molecule has 1 amide bonds. The highest BCUT2D eigenvalue weighted by molar-refractivity contribution is 9.10. The summed E-state index contributed by atoms with van der Waals surface area (Å²) in [6.07, 6.45) is -0.0161. The van der Waals surface area contributed by atoms with E-state index in [4.69, 9.17) is 9.84 Å². The lowest BCUT2D eigenvalue weighted by molar-refractivity contribution is -0.140. The largest absolute Gasteiger partial charge is 0.491 e. The fourth-order valence-corrected chi connectivity index (χ4v) is 2.24. The van der Waals surface area contributed by atoms with Gasteiger partial charge in [0.2, 0.25) is 0 Å². The molecule has 0 aliphatic rings. The van der Waals surface area contributed by atoms with Crippen molar-refractivity contribution in [3.8, 4) is 5.75 Å². The number of ether oxygens (including phenoxy) is 1. The van der Waals surface area contributed by atoms with Crippen molar-refractivity contribution >= 4 is 27.8 Å². The van der Waals surface area contributed by atoms with Gasteiger partial charge >= 0.3 is 5.97 Å². The zero-order valence-corrected chi connectivity index (χ0v) is 14.1. The molecule has 0 saturated carbocycles. The van der Waals surface area contributed by atoms with Gasteiger partial charge in [-0.25, -0.2) is 4.79 Å². The maximum atomic E-state index is 12.2. The summed E-state index contributed by atoms with van der Waals surface area (Å²) in [5, 5.41) is 11.6. The van der Waals surface area contributed by atoms with Gasteiger partial charge in [0.15, 0.2) is 0 Å². The number of carboxylic acids is 1. The topological polar surface area (TPSA) is 75.6 Å². The number of aliphatic carboxylic acids is 1. The van der Waals surface area contributed by atoms with Gasteiger partial charge in [-0.15, -0.1) is 0 Å². The average Bonchev–Trinajstić information content (AvgIpc) is 2.33. The minimum Gasteiger partial charge on any atom is -0.491 e. The Labute approximate surface area is 132 Å². The van der Waals surface area contributed by atoms with Crippen molar-refractivity contribution in [3.63, 3.8) is 0 Å². The van der Waals surface area contributed by atoms with Crippen molar-refractivity contribution < 1.29 is 19.4 Å². The molecule has 0 aliphatic carbocycles. The summed E-state index contributed by atoms with van der Waals surface area (Å²) in [4.78, 5) is 23.3. The maximum absolute atomic E-state index is 12.2. The van der Waals surface area contributed by atoms with Gasteiger partial charge in [0, 0.05) is 10.0 Å². The van der Waals surface area contributed by atoms with Crippen LogP contribution >= 0.6 is 15.9 Å². The fourth-order valence-electron chi connectivity index (χ4n) is 1.77. The number of benzene rings is 1. The second kappa shape index (κ2) is 7.45. The Morgan fingerprint density at radius 1 is 1.19 bits per heavy atom. The molecule has 21 heavy (non-hydrogen) atoms. The van der Waals surface area contributed by atoms with Crippen LogP contribution in [0.4, 0.5) is 0 Å². The van der Waals surface area contributed by atoms with Gasteiger partial charge < -0.3 is 15.2 Å². The van der Waals surface area contributed by atoms with E-state index in [9.17, 15) is 9.59 Å². The van der Waals surface area contributed by atoms with Crippen molar-refractivity contribution in [1.82, 2.24) is 5.32 Å². The molecule has 0 saturated heterocycles. The van der Waals surface area contributed by atoms with Gasteiger partial charge in [-0.05, 0) is 38.0 Å². The monoisotopic (exact) mass is 357 g/mol. The molecule has 0 aliphatic heterocycles. The third kappa shape index (κ3) is 5.38. The molecular weight excluding hydrogens is 338 g/mol. The Hall–Kier alpha value is -1.56. The van der Waals surface area contributed by atoms with Gasteiger partial charge in [0.25, 0.3) is 5.91 Å². The van der Waals surface area contributed by atoms with Gasteiger partial charge in [-0.3, -0.25) is 4.79 Å². The van der Waals surface area contributed by atoms with Gasteiger partial charge in [0.1, 0.15) is 11.8 Å². The van der Waals surface area contributed by atoms with E-state index < -0.39 is 17.9 Å². The van der Waals surface area contributed by atoms with Gasteiger partial charge in [-0.2, -0.15) is 0 Å². The minimum absolute atomic E-state index is 0.0161. The highest BCUT2D eigenvalue weighted by Gasteiger charge is 2.24. The molecule has 0 spiro atoms. The first kappa shape index (κ1) is 17.5. The summed E-state index contributed by atoms with van der Waals surface area (Å²) in [7, 11) is 0. The second-order valence-electron chi connectivity index (χ2n) is 5.38. The van der Waals surface area contributed by atoms with Crippen molar-refractivity contribution in [1.29, 1.82) is 0 Å². The number of amides is 1. The summed E-state index contributed by atoms with van der Waals surface area (Å²) in [5.74, 6) is -1.14. The summed E-state index contributed by atoms with van der Waals surface area (Å²) in [6.45, 7) is 7.26. The van der Waals surface area contributed by atoms with Crippen LogP contribution in [0.5, 0.6) is 5.75 Å².